The van der Waals surface area contributed by atoms with E-state index < -0.39 is 72.7 Å². The van der Waals surface area contributed by atoms with Crippen LogP contribution in [0, 0.1) is 0 Å². The maximum absolute atomic E-state index is 10.3. The molecule has 0 aromatic carbocycles. The zero-order chi connectivity index (χ0) is 21.3. The topological polar surface area (TPSA) is 334 Å². The van der Waals surface area contributed by atoms with E-state index in [1.54, 1.807) is 0 Å². The van der Waals surface area contributed by atoms with Crippen LogP contribution in [-0.4, -0.2) is 87.9 Å². The molecule has 16 nitrogen and oxygen atoms in total. The van der Waals surface area contributed by atoms with Crippen LogP contribution in [0.3, 0.4) is 0 Å². The molecule has 0 heterocycles. The van der Waals surface area contributed by atoms with Crippen molar-refractivity contribution in [1.29, 1.82) is 0 Å². The minimum atomic E-state index is -2.74. The third-order valence-corrected chi connectivity index (χ3v) is 2.57. The molecule has 0 atom stereocenters. The van der Waals surface area contributed by atoms with Gasteiger partial charge in [-0.1, -0.05) is 0 Å². The van der Waals surface area contributed by atoms with Crippen molar-refractivity contribution in [3.8, 4) is 0 Å². The number of carbonyl (C=O) groups is 6. The fraction of sp³-hybridized carbons (Fsp3) is 0.500. The summed E-state index contributed by atoms with van der Waals surface area (Å²) in [5.41, 5.74) is -5.48. The van der Waals surface area contributed by atoms with Gasteiger partial charge >= 0.3 is 38.7 Å². The third-order valence-electron chi connectivity index (χ3n) is 2.57. The average Bonchev–Trinajstić information content (AvgIpc) is 2.34. The van der Waals surface area contributed by atoms with Crippen molar-refractivity contribution < 1.29 is 72.5 Å². The molecule has 0 saturated heterocycles. The Morgan fingerprint density at radius 2 is 0.643 bits per heavy atom. The highest BCUT2D eigenvalue weighted by Gasteiger charge is 2.41. The molecule has 0 spiro atoms. The zero-order valence-electron chi connectivity index (χ0n) is 16.3. The summed E-state index contributed by atoms with van der Waals surface area (Å²) in [6, 6.07) is 0. The summed E-state index contributed by atoms with van der Waals surface area (Å²) < 4.78 is 0. The van der Waals surface area contributed by atoms with Crippen molar-refractivity contribution in [2.24, 2.45) is 0 Å². The molecule has 0 saturated carbocycles. The Morgan fingerprint density at radius 3 is 0.714 bits per heavy atom. The number of aliphatic hydroxyl groups is 2. The highest BCUT2D eigenvalue weighted by molar-refractivity contribution is 5.88. The van der Waals surface area contributed by atoms with E-state index in [0.29, 0.717) is 0 Å². The summed E-state index contributed by atoms with van der Waals surface area (Å²) in [6.07, 6.45) is -4.58. The van der Waals surface area contributed by atoms with Crippen LogP contribution in [-0.2, 0) is 28.8 Å². The fourth-order valence-corrected chi connectivity index (χ4v) is 1.43. The molecule has 14 N–H and O–H groups in total. The number of carboxylic acid groups (broad SMARTS) is 6. The lowest BCUT2D eigenvalue weighted by atomic mass is 9.96. The van der Waals surface area contributed by atoms with Crippen LogP contribution < -0.4 is 12.3 Å². The molecule has 0 aliphatic heterocycles. The van der Waals surface area contributed by atoms with Gasteiger partial charge < -0.3 is 53.2 Å². The Hall–Kier alpha value is -3.34. The lowest BCUT2D eigenvalue weighted by Gasteiger charge is -2.18. The SMILES string of the molecule is N.N.O=C(O)CC(O)(CC(=O)O)C(=O)O.O=C(O)CC(O)(CC(=O)O)C(=O)O.[H+].[H+]. The number of aliphatic carboxylic acids is 6. The summed E-state index contributed by atoms with van der Waals surface area (Å²) in [6.45, 7) is 0. The second-order valence-electron chi connectivity index (χ2n) is 4.96. The van der Waals surface area contributed by atoms with Crippen LogP contribution in [0.25, 0.3) is 0 Å². The predicted molar refractivity (Wildman–Crippen MR) is 86.5 cm³/mol. The van der Waals surface area contributed by atoms with Gasteiger partial charge in [-0.15, -0.1) is 0 Å². The molecule has 0 unspecified atom stereocenters. The normalized spacial score (nSPS) is 10.1. The first-order valence-electron chi connectivity index (χ1n) is 6.34. The molecule has 0 amide bonds. The van der Waals surface area contributed by atoms with Gasteiger partial charge in [0.2, 0.25) is 0 Å². The van der Waals surface area contributed by atoms with E-state index >= 15 is 0 Å². The first-order valence-corrected chi connectivity index (χ1v) is 6.34. The van der Waals surface area contributed by atoms with E-state index in [1.807, 2.05) is 0 Å². The van der Waals surface area contributed by atoms with E-state index in [4.69, 9.17) is 40.9 Å². The molecular weight excluding hydrogens is 396 g/mol. The summed E-state index contributed by atoms with van der Waals surface area (Å²) >= 11 is 0. The molecule has 0 aliphatic rings. The molecule has 0 radical (unpaired) electrons. The van der Waals surface area contributed by atoms with Gasteiger partial charge in [-0.25, -0.2) is 9.59 Å². The first-order chi connectivity index (χ1) is 11.6. The van der Waals surface area contributed by atoms with Gasteiger partial charge in [-0.05, 0) is 0 Å². The van der Waals surface area contributed by atoms with Gasteiger partial charge in [-0.2, -0.15) is 0 Å². The lowest BCUT2D eigenvalue weighted by Crippen LogP contribution is -2.42. The highest BCUT2D eigenvalue weighted by Crippen LogP contribution is 2.16. The van der Waals surface area contributed by atoms with E-state index in [-0.39, 0.29) is 15.2 Å². The van der Waals surface area contributed by atoms with Gasteiger partial charge in [0.1, 0.15) is 0 Å². The molecule has 164 valence electrons. The minimum absolute atomic E-state index is 0. The largest absolute Gasteiger partial charge is 1.00 e. The molecular formula is C12H24N2O14+2. The van der Waals surface area contributed by atoms with Crippen molar-refractivity contribution >= 4 is 35.8 Å². The van der Waals surface area contributed by atoms with Crippen molar-refractivity contribution in [2.45, 2.75) is 36.9 Å². The van der Waals surface area contributed by atoms with E-state index in [0.717, 1.165) is 0 Å². The van der Waals surface area contributed by atoms with E-state index in [2.05, 4.69) is 0 Å². The molecule has 28 heavy (non-hydrogen) atoms. The van der Waals surface area contributed by atoms with Crippen LogP contribution in [0.15, 0.2) is 0 Å². The molecule has 0 rings (SSSR count). The quantitative estimate of drug-likeness (QED) is 0.183. The second-order valence-corrected chi connectivity index (χ2v) is 4.96. The molecule has 0 aromatic heterocycles. The molecule has 0 aliphatic carbocycles. The van der Waals surface area contributed by atoms with Crippen LogP contribution in [0.5, 0.6) is 0 Å². The maximum Gasteiger partial charge on any atom is 1.00 e. The Morgan fingerprint density at radius 1 is 0.500 bits per heavy atom. The smallest absolute Gasteiger partial charge is 0.481 e. The van der Waals surface area contributed by atoms with Crippen molar-refractivity contribution in [1.82, 2.24) is 12.3 Å². The predicted octanol–water partition coefficient (Wildman–Crippen LogP) is -1.95. The van der Waals surface area contributed by atoms with Gasteiger partial charge in [0, 0.05) is 0 Å². The van der Waals surface area contributed by atoms with Crippen LogP contribution >= 0.6 is 0 Å². The van der Waals surface area contributed by atoms with Crippen molar-refractivity contribution in [3.63, 3.8) is 0 Å². The Labute approximate surface area is 158 Å². The monoisotopic (exact) mass is 420 g/mol. The summed E-state index contributed by atoms with van der Waals surface area (Å²) in [5, 5.41) is 67.6. The second kappa shape index (κ2) is 12.9. The van der Waals surface area contributed by atoms with Crippen LogP contribution in [0.4, 0.5) is 0 Å². The van der Waals surface area contributed by atoms with E-state index in [9.17, 15) is 28.8 Å². The van der Waals surface area contributed by atoms with Crippen LogP contribution in [0.2, 0.25) is 0 Å². The summed E-state index contributed by atoms with van der Waals surface area (Å²) in [5.74, 6) is -10.0. The van der Waals surface area contributed by atoms with Gasteiger partial charge in [0.05, 0.1) is 25.7 Å². The van der Waals surface area contributed by atoms with Crippen molar-refractivity contribution in [2.75, 3.05) is 0 Å². The molecule has 0 bridgehead atoms. The number of carboxylic acids is 6. The van der Waals surface area contributed by atoms with Gasteiger partial charge in [0.25, 0.3) is 0 Å². The minimum Gasteiger partial charge on any atom is -0.481 e. The van der Waals surface area contributed by atoms with Crippen molar-refractivity contribution in [3.05, 3.63) is 0 Å². The summed E-state index contributed by atoms with van der Waals surface area (Å²) in [4.78, 5) is 61.0. The van der Waals surface area contributed by atoms with Gasteiger partial charge in [-0.3, -0.25) is 19.2 Å². The maximum atomic E-state index is 10.3. The standard InChI is InChI=1S/2C6H8O7.2H3N/c2*7-3(8)1-6(13,5(11)12)2-4(9)10;;/h2*13H,1-2H2,(H,7,8)(H,9,10)(H,11,12);2*1H3/p+2. The number of hydrogen-bond acceptors (Lipinski definition) is 10. The first kappa shape index (κ1) is 32.3. The van der Waals surface area contributed by atoms with Crippen LogP contribution in [0.1, 0.15) is 28.5 Å². The average molecular weight is 420 g/mol. The lowest BCUT2D eigenvalue weighted by molar-refractivity contribution is -0.170. The Kier molecular flexibility index (Phi) is 14.9. The molecule has 0 fully saturated rings. The zero-order valence-corrected chi connectivity index (χ0v) is 14.3. The highest BCUT2D eigenvalue weighted by atomic mass is 16.4. The van der Waals surface area contributed by atoms with E-state index in [1.165, 1.54) is 0 Å². The summed E-state index contributed by atoms with van der Waals surface area (Å²) in [7, 11) is 0. The van der Waals surface area contributed by atoms with Gasteiger partial charge in [0.15, 0.2) is 11.2 Å². The Bertz CT molecular complexity index is 528. The molecule has 0 aromatic rings. The third kappa shape index (κ3) is 12.9. The number of rotatable bonds is 10. The molecule has 16 heteroatoms. The Balaban J connectivity index is -0.0000000847. The number of hydrogen-bond donors (Lipinski definition) is 10. The fourth-order valence-electron chi connectivity index (χ4n) is 1.43.